The zero-order valence-corrected chi connectivity index (χ0v) is 15.5. The van der Waals surface area contributed by atoms with E-state index in [-0.39, 0.29) is 17.0 Å². The number of hydrogen-bond acceptors (Lipinski definition) is 5. The zero-order valence-electron chi connectivity index (χ0n) is 14.7. The standard InChI is InChI=1S/C17H20F2N6S/c1-17(2,3)12-6-4-11(5-7-12)14-22-23-16(25(14)20)26-10-13-21-8-9-24(13)15(18)19/h4-9,15H,10,20H2,1-3H3. The van der Waals surface area contributed by atoms with Crippen molar-refractivity contribution in [3.63, 3.8) is 0 Å². The Morgan fingerprint density at radius 2 is 1.85 bits per heavy atom. The van der Waals surface area contributed by atoms with Crippen LogP contribution in [0.5, 0.6) is 0 Å². The fraction of sp³-hybridized carbons (Fsp3) is 0.353. The molecule has 0 aliphatic rings. The summed E-state index contributed by atoms with van der Waals surface area (Å²) in [5.41, 5.74) is 2.11. The minimum Gasteiger partial charge on any atom is -0.335 e. The second-order valence-electron chi connectivity index (χ2n) is 6.82. The van der Waals surface area contributed by atoms with Crippen LogP contribution in [0.25, 0.3) is 11.4 Å². The number of hydrogen-bond donors (Lipinski definition) is 1. The van der Waals surface area contributed by atoms with Crippen LogP contribution >= 0.6 is 11.8 Å². The van der Waals surface area contributed by atoms with Crippen LogP contribution in [0.4, 0.5) is 8.78 Å². The molecular weight excluding hydrogens is 358 g/mol. The molecule has 6 nitrogen and oxygen atoms in total. The van der Waals surface area contributed by atoms with Crippen LogP contribution in [0.3, 0.4) is 0 Å². The van der Waals surface area contributed by atoms with Gasteiger partial charge in [0.05, 0.1) is 5.75 Å². The van der Waals surface area contributed by atoms with Gasteiger partial charge in [0.1, 0.15) is 5.82 Å². The van der Waals surface area contributed by atoms with Crippen LogP contribution in [-0.4, -0.2) is 24.4 Å². The SMILES string of the molecule is CC(C)(C)c1ccc(-c2nnc(SCc3nccn3C(F)F)n2N)cc1. The minimum absolute atomic E-state index is 0.0581. The topological polar surface area (TPSA) is 74.5 Å². The Bertz CT molecular complexity index is 880. The number of rotatable bonds is 5. The van der Waals surface area contributed by atoms with Crippen LogP contribution in [0.1, 0.15) is 38.7 Å². The number of thioether (sulfide) groups is 1. The highest BCUT2D eigenvalue weighted by Gasteiger charge is 2.17. The average molecular weight is 378 g/mol. The highest BCUT2D eigenvalue weighted by atomic mass is 32.2. The van der Waals surface area contributed by atoms with Crippen molar-refractivity contribution < 1.29 is 8.78 Å². The van der Waals surface area contributed by atoms with Crippen molar-refractivity contribution in [3.05, 3.63) is 48.0 Å². The van der Waals surface area contributed by atoms with Gasteiger partial charge < -0.3 is 5.84 Å². The number of alkyl halides is 2. The number of halogens is 2. The Hall–Kier alpha value is -2.42. The molecule has 0 atom stereocenters. The monoisotopic (exact) mass is 378 g/mol. The normalized spacial score (nSPS) is 12.1. The first-order chi connectivity index (χ1) is 12.3. The van der Waals surface area contributed by atoms with Crippen LogP contribution in [-0.2, 0) is 11.2 Å². The quantitative estimate of drug-likeness (QED) is 0.539. The molecule has 2 N–H and O–H groups in total. The van der Waals surface area contributed by atoms with E-state index in [0.29, 0.717) is 11.0 Å². The molecule has 0 aliphatic heterocycles. The molecule has 138 valence electrons. The van der Waals surface area contributed by atoms with Gasteiger partial charge in [0.2, 0.25) is 5.16 Å². The maximum Gasteiger partial charge on any atom is 0.319 e. The Labute approximate surface area is 154 Å². The summed E-state index contributed by atoms with van der Waals surface area (Å²) in [5.74, 6) is 7.08. The van der Waals surface area contributed by atoms with E-state index in [4.69, 9.17) is 5.84 Å². The Balaban J connectivity index is 1.77. The number of nitrogen functional groups attached to an aromatic ring is 1. The van der Waals surface area contributed by atoms with Crippen molar-refractivity contribution in [2.45, 2.75) is 43.6 Å². The first-order valence-electron chi connectivity index (χ1n) is 8.01. The minimum atomic E-state index is -2.62. The molecule has 0 saturated heterocycles. The summed E-state index contributed by atoms with van der Waals surface area (Å²) in [7, 11) is 0. The summed E-state index contributed by atoms with van der Waals surface area (Å²) in [6.45, 7) is 3.81. The van der Waals surface area contributed by atoms with Crippen LogP contribution in [0, 0.1) is 0 Å². The second kappa shape index (κ2) is 7.06. The molecule has 9 heteroatoms. The van der Waals surface area contributed by atoms with E-state index < -0.39 is 6.55 Å². The number of aromatic nitrogens is 5. The van der Waals surface area contributed by atoms with Gasteiger partial charge in [-0.25, -0.2) is 9.66 Å². The van der Waals surface area contributed by atoms with Crippen LogP contribution in [0.2, 0.25) is 0 Å². The first kappa shape index (κ1) is 18.4. The summed E-state index contributed by atoms with van der Waals surface area (Å²) in [5, 5.41) is 8.62. The Morgan fingerprint density at radius 3 is 2.46 bits per heavy atom. The number of nitrogens with zero attached hydrogens (tertiary/aromatic N) is 5. The Morgan fingerprint density at radius 1 is 1.15 bits per heavy atom. The van der Waals surface area contributed by atoms with E-state index in [2.05, 4.69) is 36.0 Å². The van der Waals surface area contributed by atoms with E-state index in [1.807, 2.05) is 24.3 Å². The molecule has 0 aliphatic carbocycles. The van der Waals surface area contributed by atoms with Crippen molar-refractivity contribution in [2.24, 2.45) is 0 Å². The summed E-state index contributed by atoms with van der Waals surface area (Å²) in [4.78, 5) is 3.94. The van der Waals surface area contributed by atoms with Crippen molar-refractivity contribution in [1.29, 1.82) is 0 Å². The molecule has 26 heavy (non-hydrogen) atoms. The summed E-state index contributed by atoms with van der Waals surface area (Å²) >= 11 is 1.21. The highest BCUT2D eigenvalue weighted by Crippen LogP contribution is 2.27. The molecule has 2 heterocycles. The molecule has 0 bridgehead atoms. The number of imidazole rings is 1. The van der Waals surface area contributed by atoms with Gasteiger partial charge in [-0.3, -0.25) is 4.57 Å². The molecular formula is C17H20F2N6S. The lowest BCUT2D eigenvalue weighted by Crippen LogP contribution is -2.13. The van der Waals surface area contributed by atoms with E-state index >= 15 is 0 Å². The number of benzene rings is 1. The van der Waals surface area contributed by atoms with E-state index in [9.17, 15) is 8.78 Å². The lowest BCUT2D eigenvalue weighted by Gasteiger charge is -2.19. The van der Waals surface area contributed by atoms with E-state index in [1.165, 1.54) is 34.4 Å². The fourth-order valence-electron chi connectivity index (χ4n) is 2.45. The van der Waals surface area contributed by atoms with Gasteiger partial charge in [0, 0.05) is 18.0 Å². The second-order valence-corrected chi connectivity index (χ2v) is 7.76. The zero-order chi connectivity index (χ0) is 18.9. The van der Waals surface area contributed by atoms with E-state index in [1.54, 1.807) is 0 Å². The molecule has 0 amide bonds. The van der Waals surface area contributed by atoms with Crippen LogP contribution in [0.15, 0.2) is 41.8 Å². The van der Waals surface area contributed by atoms with Crippen LogP contribution < -0.4 is 5.84 Å². The summed E-state index contributed by atoms with van der Waals surface area (Å²) < 4.78 is 27.9. The predicted octanol–water partition coefficient (Wildman–Crippen LogP) is 3.84. The van der Waals surface area contributed by atoms with E-state index in [0.717, 1.165) is 10.1 Å². The van der Waals surface area contributed by atoms with Crippen molar-refractivity contribution >= 4 is 11.8 Å². The maximum absolute atomic E-state index is 12.9. The van der Waals surface area contributed by atoms with Gasteiger partial charge in [-0.2, -0.15) is 8.78 Å². The lowest BCUT2D eigenvalue weighted by molar-refractivity contribution is 0.0678. The van der Waals surface area contributed by atoms with Gasteiger partial charge >= 0.3 is 6.55 Å². The molecule has 0 spiro atoms. The molecule has 0 saturated carbocycles. The molecule has 2 aromatic heterocycles. The van der Waals surface area contributed by atoms with Gasteiger partial charge in [-0.05, 0) is 11.0 Å². The first-order valence-corrected chi connectivity index (χ1v) is 9.00. The third-order valence-electron chi connectivity index (χ3n) is 3.96. The number of nitrogens with two attached hydrogens (primary N) is 1. The average Bonchev–Trinajstić information content (AvgIpc) is 3.19. The highest BCUT2D eigenvalue weighted by molar-refractivity contribution is 7.98. The van der Waals surface area contributed by atoms with Gasteiger partial charge in [-0.1, -0.05) is 56.8 Å². The van der Waals surface area contributed by atoms with Gasteiger partial charge in [-0.15, -0.1) is 10.2 Å². The molecule has 0 unspecified atom stereocenters. The van der Waals surface area contributed by atoms with Gasteiger partial charge in [0.25, 0.3) is 0 Å². The molecule has 0 fully saturated rings. The summed E-state index contributed by atoms with van der Waals surface area (Å²) in [6, 6.07) is 7.98. The van der Waals surface area contributed by atoms with Crippen molar-refractivity contribution in [3.8, 4) is 11.4 Å². The molecule has 3 rings (SSSR count). The third-order valence-corrected chi connectivity index (χ3v) is 4.90. The maximum atomic E-state index is 12.9. The molecule has 1 aromatic carbocycles. The van der Waals surface area contributed by atoms with Gasteiger partial charge in [0.15, 0.2) is 5.82 Å². The Kier molecular flexibility index (Phi) is 4.99. The largest absolute Gasteiger partial charge is 0.335 e. The third kappa shape index (κ3) is 3.72. The predicted molar refractivity (Wildman–Crippen MR) is 97.3 cm³/mol. The molecule has 3 aromatic rings. The van der Waals surface area contributed by atoms with Crippen molar-refractivity contribution in [2.75, 3.05) is 5.84 Å². The summed E-state index contributed by atoms with van der Waals surface area (Å²) in [6.07, 6.45) is 2.59. The fourth-order valence-corrected chi connectivity index (χ4v) is 3.26. The lowest BCUT2D eigenvalue weighted by atomic mass is 9.87. The van der Waals surface area contributed by atoms with Crippen molar-refractivity contribution in [1.82, 2.24) is 24.4 Å². The smallest absolute Gasteiger partial charge is 0.319 e. The molecule has 0 radical (unpaired) electrons.